The van der Waals surface area contributed by atoms with Gasteiger partial charge in [0, 0.05) is 0 Å². The number of esters is 1. The van der Waals surface area contributed by atoms with Crippen molar-refractivity contribution < 1.29 is 9.53 Å². The lowest BCUT2D eigenvalue weighted by Gasteiger charge is -1.91. The normalized spacial score (nSPS) is 9.91. The second kappa shape index (κ2) is 7.06. The number of ether oxygens (including phenoxy) is 1. The maximum absolute atomic E-state index is 10.7. The summed E-state index contributed by atoms with van der Waals surface area (Å²) in [5, 5.41) is 0. The van der Waals surface area contributed by atoms with Gasteiger partial charge in [0.25, 0.3) is 0 Å². The van der Waals surface area contributed by atoms with E-state index in [2.05, 4.69) is 18.2 Å². The Hall–Kier alpha value is -1.05. The van der Waals surface area contributed by atoms with E-state index in [-0.39, 0.29) is 5.97 Å². The minimum absolute atomic E-state index is 0.257. The zero-order valence-corrected chi connectivity index (χ0v) is 6.88. The van der Waals surface area contributed by atoms with Crippen LogP contribution in [-0.4, -0.2) is 5.97 Å². The lowest BCUT2D eigenvalue weighted by Crippen LogP contribution is -1.95. The van der Waals surface area contributed by atoms with Crippen LogP contribution in [0.2, 0.25) is 0 Å². The summed E-state index contributed by atoms with van der Waals surface area (Å²) in [6.07, 6.45) is 7.40. The molecule has 0 N–H and O–H groups in total. The molecule has 0 fully saturated rings. The molecule has 0 bridgehead atoms. The third-order valence-electron chi connectivity index (χ3n) is 1.12. The van der Waals surface area contributed by atoms with E-state index in [0.717, 1.165) is 19.1 Å². The molecule has 0 saturated heterocycles. The van der Waals surface area contributed by atoms with Crippen LogP contribution in [0.1, 0.15) is 26.2 Å². The second-order valence-electron chi connectivity index (χ2n) is 2.12. The highest BCUT2D eigenvalue weighted by molar-refractivity contribution is 5.71. The molecule has 0 heterocycles. The summed E-state index contributed by atoms with van der Waals surface area (Å²) in [6.45, 7) is 5.37. The quantitative estimate of drug-likeness (QED) is 0.345. The minimum Gasteiger partial charge on any atom is -0.435 e. The predicted molar refractivity (Wildman–Crippen MR) is 45.0 cm³/mol. The standard InChI is InChI=1S/C9H14O2/c1-3-5-6-7-8-9(10)11-4-2/h4,6-7H,2-3,5,8H2,1H3. The molecule has 0 amide bonds. The average Bonchev–Trinajstić information content (AvgIpc) is 1.99. The summed E-state index contributed by atoms with van der Waals surface area (Å²) >= 11 is 0. The Morgan fingerprint density at radius 2 is 2.27 bits per heavy atom. The highest BCUT2D eigenvalue weighted by Gasteiger charge is 1.93. The predicted octanol–water partition coefficient (Wildman–Crippen LogP) is 2.42. The van der Waals surface area contributed by atoms with Gasteiger partial charge in [-0.2, -0.15) is 0 Å². The van der Waals surface area contributed by atoms with E-state index < -0.39 is 0 Å². The molecule has 0 aliphatic rings. The van der Waals surface area contributed by atoms with Crippen molar-refractivity contribution in [1.82, 2.24) is 0 Å². The fourth-order valence-corrected chi connectivity index (χ4v) is 0.605. The molecular formula is C9H14O2. The van der Waals surface area contributed by atoms with Crippen LogP contribution < -0.4 is 0 Å². The number of carbonyl (C=O) groups is 1. The van der Waals surface area contributed by atoms with Gasteiger partial charge in [-0.3, -0.25) is 4.79 Å². The lowest BCUT2D eigenvalue weighted by atomic mass is 10.3. The van der Waals surface area contributed by atoms with Gasteiger partial charge in [-0.1, -0.05) is 32.1 Å². The smallest absolute Gasteiger partial charge is 0.314 e. The van der Waals surface area contributed by atoms with Crippen molar-refractivity contribution in [3.05, 3.63) is 25.0 Å². The summed E-state index contributed by atoms with van der Waals surface area (Å²) in [7, 11) is 0. The molecule has 11 heavy (non-hydrogen) atoms. The van der Waals surface area contributed by atoms with Crippen molar-refractivity contribution in [3.63, 3.8) is 0 Å². The van der Waals surface area contributed by atoms with Crippen LogP contribution in [0.25, 0.3) is 0 Å². The van der Waals surface area contributed by atoms with E-state index in [9.17, 15) is 4.79 Å². The van der Waals surface area contributed by atoms with Crippen LogP contribution in [-0.2, 0) is 9.53 Å². The fourth-order valence-electron chi connectivity index (χ4n) is 0.605. The molecule has 0 spiro atoms. The summed E-state index contributed by atoms with van der Waals surface area (Å²) in [5.74, 6) is -0.257. The fraction of sp³-hybridized carbons (Fsp3) is 0.444. The number of hydrogen-bond donors (Lipinski definition) is 0. The van der Waals surface area contributed by atoms with Gasteiger partial charge >= 0.3 is 5.97 Å². The van der Waals surface area contributed by atoms with Crippen molar-refractivity contribution in [3.8, 4) is 0 Å². The molecule has 62 valence electrons. The summed E-state index contributed by atoms with van der Waals surface area (Å²) in [4.78, 5) is 10.7. The van der Waals surface area contributed by atoms with Crippen LogP contribution in [0.3, 0.4) is 0 Å². The molecular weight excluding hydrogens is 140 g/mol. The molecule has 0 radical (unpaired) electrons. The van der Waals surface area contributed by atoms with Crippen LogP contribution in [0.4, 0.5) is 0 Å². The van der Waals surface area contributed by atoms with Crippen molar-refractivity contribution in [2.24, 2.45) is 0 Å². The van der Waals surface area contributed by atoms with Crippen LogP contribution in [0.5, 0.6) is 0 Å². The summed E-state index contributed by atoms with van der Waals surface area (Å²) < 4.78 is 4.50. The van der Waals surface area contributed by atoms with E-state index in [4.69, 9.17) is 0 Å². The Morgan fingerprint density at radius 3 is 2.82 bits per heavy atom. The SMILES string of the molecule is C=COC(=O)CC=CCCC. The molecule has 0 saturated carbocycles. The number of rotatable bonds is 5. The first-order valence-corrected chi connectivity index (χ1v) is 3.76. The third kappa shape index (κ3) is 6.84. The highest BCUT2D eigenvalue weighted by Crippen LogP contribution is 1.93. The highest BCUT2D eigenvalue weighted by atomic mass is 16.5. The van der Waals surface area contributed by atoms with Gasteiger partial charge in [0.2, 0.25) is 0 Å². The maximum Gasteiger partial charge on any atom is 0.314 e. The van der Waals surface area contributed by atoms with Gasteiger partial charge < -0.3 is 4.74 Å². The molecule has 0 aliphatic carbocycles. The van der Waals surface area contributed by atoms with E-state index in [0.29, 0.717) is 6.42 Å². The van der Waals surface area contributed by atoms with Crippen molar-refractivity contribution in [2.75, 3.05) is 0 Å². The van der Waals surface area contributed by atoms with Crippen molar-refractivity contribution >= 4 is 5.97 Å². The Labute approximate surface area is 67.6 Å². The number of carbonyl (C=O) groups excluding carboxylic acids is 1. The summed E-state index contributed by atoms with van der Waals surface area (Å²) in [6, 6.07) is 0. The zero-order valence-electron chi connectivity index (χ0n) is 6.88. The van der Waals surface area contributed by atoms with Crippen molar-refractivity contribution in [1.29, 1.82) is 0 Å². The lowest BCUT2D eigenvalue weighted by molar-refractivity contribution is -0.136. The number of hydrogen-bond acceptors (Lipinski definition) is 2. The zero-order chi connectivity index (χ0) is 8.53. The van der Waals surface area contributed by atoms with Gasteiger partial charge in [0.15, 0.2) is 0 Å². The largest absolute Gasteiger partial charge is 0.435 e. The monoisotopic (exact) mass is 154 g/mol. The molecule has 0 atom stereocenters. The van der Waals surface area contributed by atoms with Crippen LogP contribution >= 0.6 is 0 Å². The Kier molecular flexibility index (Phi) is 6.39. The topological polar surface area (TPSA) is 26.3 Å². The maximum atomic E-state index is 10.7. The van der Waals surface area contributed by atoms with Gasteiger partial charge in [-0.15, -0.1) is 0 Å². The van der Waals surface area contributed by atoms with E-state index >= 15 is 0 Å². The summed E-state index contributed by atoms with van der Waals surface area (Å²) in [5.41, 5.74) is 0. The van der Waals surface area contributed by atoms with Crippen LogP contribution in [0.15, 0.2) is 25.0 Å². The molecule has 0 aliphatic heterocycles. The van der Waals surface area contributed by atoms with E-state index in [1.165, 1.54) is 0 Å². The molecule has 0 aromatic heterocycles. The third-order valence-corrected chi connectivity index (χ3v) is 1.12. The van der Waals surface area contributed by atoms with E-state index in [1.54, 1.807) is 0 Å². The molecule has 2 nitrogen and oxygen atoms in total. The first-order valence-electron chi connectivity index (χ1n) is 3.76. The van der Waals surface area contributed by atoms with Crippen molar-refractivity contribution in [2.45, 2.75) is 26.2 Å². The van der Waals surface area contributed by atoms with Gasteiger partial charge in [0.05, 0.1) is 12.7 Å². The first-order chi connectivity index (χ1) is 5.31. The molecule has 2 heteroatoms. The molecule has 0 aromatic carbocycles. The van der Waals surface area contributed by atoms with Crippen LogP contribution in [0, 0.1) is 0 Å². The van der Waals surface area contributed by atoms with Gasteiger partial charge in [0.1, 0.15) is 0 Å². The van der Waals surface area contributed by atoms with Gasteiger partial charge in [-0.25, -0.2) is 0 Å². The molecule has 0 rings (SSSR count). The average molecular weight is 154 g/mol. The second-order valence-corrected chi connectivity index (χ2v) is 2.12. The minimum atomic E-state index is -0.257. The number of unbranched alkanes of at least 4 members (excludes halogenated alkanes) is 1. The number of allylic oxidation sites excluding steroid dienone is 1. The Bertz CT molecular complexity index is 148. The molecule has 0 aromatic rings. The Balaban J connectivity index is 3.36. The molecule has 0 unspecified atom stereocenters. The first kappa shape index (κ1) is 9.95. The Morgan fingerprint density at radius 1 is 1.55 bits per heavy atom. The van der Waals surface area contributed by atoms with E-state index in [1.807, 2.05) is 12.2 Å². The van der Waals surface area contributed by atoms with Gasteiger partial charge in [-0.05, 0) is 6.42 Å².